The number of nitrogens with one attached hydrogen (secondary N) is 1. The topological polar surface area (TPSA) is 55.4 Å². The van der Waals surface area contributed by atoms with Crippen molar-refractivity contribution in [2.75, 3.05) is 11.9 Å². The lowest BCUT2D eigenvalue weighted by atomic mass is 9.97. The standard InChI is InChI=1S/C18H17NO3.2C2H6/c1-12(20)13-6-8-15(9-7-13)19-18(21)17-16-5-3-2-4-14(16)10-11-22-17;2*1-2/h2-9,17H,10-11H2,1H3,(H,19,21);2*1-2H3. The minimum Gasteiger partial charge on any atom is -0.363 e. The van der Waals surface area contributed by atoms with Gasteiger partial charge < -0.3 is 10.1 Å². The van der Waals surface area contributed by atoms with E-state index in [2.05, 4.69) is 5.32 Å². The fraction of sp³-hybridized carbons (Fsp3) is 0.364. The Labute approximate surface area is 156 Å². The molecule has 26 heavy (non-hydrogen) atoms. The van der Waals surface area contributed by atoms with E-state index in [1.165, 1.54) is 6.92 Å². The molecule has 1 heterocycles. The summed E-state index contributed by atoms with van der Waals surface area (Å²) in [6.07, 6.45) is 0.241. The van der Waals surface area contributed by atoms with Crippen molar-refractivity contribution in [1.29, 1.82) is 0 Å². The van der Waals surface area contributed by atoms with Gasteiger partial charge in [-0.1, -0.05) is 52.0 Å². The third kappa shape index (κ3) is 5.53. The molecule has 0 fully saturated rings. The Morgan fingerprint density at radius 3 is 2.19 bits per heavy atom. The number of rotatable bonds is 3. The molecule has 2 aromatic carbocycles. The lowest BCUT2D eigenvalue weighted by Gasteiger charge is -2.25. The van der Waals surface area contributed by atoms with E-state index in [0.717, 1.165) is 17.5 Å². The fourth-order valence-corrected chi connectivity index (χ4v) is 2.61. The highest BCUT2D eigenvalue weighted by atomic mass is 16.5. The molecule has 1 aliphatic rings. The summed E-state index contributed by atoms with van der Waals surface area (Å²) in [7, 11) is 0. The summed E-state index contributed by atoms with van der Waals surface area (Å²) in [5.74, 6) is -0.190. The van der Waals surface area contributed by atoms with E-state index >= 15 is 0 Å². The summed E-state index contributed by atoms with van der Waals surface area (Å²) in [5, 5.41) is 2.84. The predicted octanol–water partition coefficient (Wildman–Crippen LogP) is 5.19. The minimum absolute atomic E-state index is 0.00224. The SMILES string of the molecule is CC.CC.CC(=O)c1ccc(NC(=O)C2OCCc3ccccc32)cc1. The summed E-state index contributed by atoms with van der Waals surface area (Å²) in [6.45, 7) is 10.1. The zero-order valence-electron chi connectivity index (χ0n) is 16.3. The number of ketones is 1. The van der Waals surface area contributed by atoms with Gasteiger partial charge in [-0.2, -0.15) is 0 Å². The fourth-order valence-electron chi connectivity index (χ4n) is 2.61. The Balaban J connectivity index is 0.000000791. The van der Waals surface area contributed by atoms with Crippen LogP contribution in [0.3, 0.4) is 0 Å². The molecule has 3 rings (SSSR count). The molecule has 1 aliphatic heterocycles. The van der Waals surface area contributed by atoms with E-state index in [0.29, 0.717) is 17.9 Å². The zero-order chi connectivity index (χ0) is 19.5. The first-order chi connectivity index (χ1) is 12.6. The Bertz CT molecular complexity index is 708. The maximum Gasteiger partial charge on any atom is 0.258 e. The number of Topliss-reactive ketones (excluding diaryl/α,β-unsaturated/α-hetero) is 1. The Morgan fingerprint density at radius 1 is 0.962 bits per heavy atom. The molecule has 0 aromatic heterocycles. The summed E-state index contributed by atoms with van der Waals surface area (Å²) in [5.41, 5.74) is 3.35. The minimum atomic E-state index is -0.586. The maximum atomic E-state index is 12.4. The normalized spacial score (nSPS) is 14.6. The van der Waals surface area contributed by atoms with Crippen molar-refractivity contribution in [2.45, 2.75) is 47.1 Å². The van der Waals surface area contributed by atoms with Crippen LogP contribution in [0.25, 0.3) is 0 Å². The van der Waals surface area contributed by atoms with Gasteiger partial charge in [-0.25, -0.2) is 0 Å². The first-order valence-corrected chi connectivity index (χ1v) is 9.26. The van der Waals surface area contributed by atoms with Gasteiger partial charge in [0.2, 0.25) is 0 Å². The quantitative estimate of drug-likeness (QED) is 0.771. The molecular weight excluding hydrogens is 326 g/mol. The van der Waals surface area contributed by atoms with Gasteiger partial charge in [0.15, 0.2) is 11.9 Å². The number of hydrogen-bond acceptors (Lipinski definition) is 3. The summed E-state index contributed by atoms with van der Waals surface area (Å²) in [6, 6.07) is 14.7. The molecular formula is C22H29NO3. The van der Waals surface area contributed by atoms with Crippen LogP contribution in [-0.2, 0) is 16.0 Å². The van der Waals surface area contributed by atoms with E-state index in [4.69, 9.17) is 4.74 Å². The molecule has 1 amide bonds. The Hall–Kier alpha value is -2.46. The molecule has 1 atom stereocenters. The average Bonchev–Trinajstić information content (AvgIpc) is 2.71. The van der Waals surface area contributed by atoms with Crippen LogP contribution in [0.15, 0.2) is 48.5 Å². The molecule has 0 saturated carbocycles. The van der Waals surface area contributed by atoms with Crippen LogP contribution in [0.5, 0.6) is 0 Å². The van der Waals surface area contributed by atoms with E-state index < -0.39 is 6.10 Å². The van der Waals surface area contributed by atoms with Crippen LogP contribution >= 0.6 is 0 Å². The van der Waals surface area contributed by atoms with Crippen molar-refractivity contribution in [2.24, 2.45) is 0 Å². The molecule has 0 saturated heterocycles. The third-order valence-electron chi connectivity index (χ3n) is 3.79. The maximum absolute atomic E-state index is 12.4. The van der Waals surface area contributed by atoms with E-state index in [1.807, 2.05) is 52.0 Å². The molecule has 4 heteroatoms. The number of fused-ring (bicyclic) bond motifs is 1. The highest BCUT2D eigenvalue weighted by molar-refractivity contribution is 5.97. The number of hydrogen-bond donors (Lipinski definition) is 1. The number of ether oxygens (including phenoxy) is 1. The van der Waals surface area contributed by atoms with Gasteiger partial charge >= 0.3 is 0 Å². The van der Waals surface area contributed by atoms with Crippen LogP contribution < -0.4 is 5.32 Å². The van der Waals surface area contributed by atoms with Gasteiger partial charge in [0.05, 0.1) is 6.61 Å². The van der Waals surface area contributed by atoms with Gasteiger partial charge in [-0.15, -0.1) is 0 Å². The highest BCUT2D eigenvalue weighted by Crippen LogP contribution is 2.28. The number of benzene rings is 2. The van der Waals surface area contributed by atoms with Crippen molar-refractivity contribution in [3.05, 3.63) is 65.2 Å². The van der Waals surface area contributed by atoms with E-state index in [1.54, 1.807) is 24.3 Å². The molecule has 140 valence electrons. The van der Waals surface area contributed by atoms with Crippen molar-refractivity contribution < 1.29 is 14.3 Å². The summed E-state index contributed by atoms with van der Waals surface area (Å²) in [4.78, 5) is 23.7. The van der Waals surface area contributed by atoms with Crippen molar-refractivity contribution >= 4 is 17.4 Å². The van der Waals surface area contributed by atoms with Gasteiger partial charge in [-0.05, 0) is 48.7 Å². The van der Waals surface area contributed by atoms with Crippen molar-refractivity contribution in [3.63, 3.8) is 0 Å². The van der Waals surface area contributed by atoms with Crippen LogP contribution in [0, 0.1) is 0 Å². The second-order valence-corrected chi connectivity index (χ2v) is 5.32. The van der Waals surface area contributed by atoms with Crippen LogP contribution in [0.1, 0.15) is 62.2 Å². The monoisotopic (exact) mass is 355 g/mol. The van der Waals surface area contributed by atoms with Crippen LogP contribution in [-0.4, -0.2) is 18.3 Å². The van der Waals surface area contributed by atoms with Gasteiger partial charge in [0.25, 0.3) is 5.91 Å². The average molecular weight is 355 g/mol. The summed E-state index contributed by atoms with van der Waals surface area (Å²) >= 11 is 0. The lowest BCUT2D eigenvalue weighted by molar-refractivity contribution is -0.128. The molecule has 0 bridgehead atoms. The molecule has 0 aliphatic carbocycles. The first-order valence-electron chi connectivity index (χ1n) is 9.26. The summed E-state index contributed by atoms with van der Waals surface area (Å²) < 4.78 is 5.63. The zero-order valence-corrected chi connectivity index (χ0v) is 16.3. The van der Waals surface area contributed by atoms with Crippen molar-refractivity contribution in [1.82, 2.24) is 0 Å². The number of carbonyl (C=O) groups excluding carboxylic acids is 2. The molecule has 1 N–H and O–H groups in total. The molecule has 0 radical (unpaired) electrons. The van der Waals surface area contributed by atoms with E-state index in [9.17, 15) is 9.59 Å². The first kappa shape index (κ1) is 21.6. The molecule has 2 aromatic rings. The number of carbonyl (C=O) groups is 2. The Kier molecular flexibility index (Phi) is 9.31. The second-order valence-electron chi connectivity index (χ2n) is 5.32. The molecule has 0 spiro atoms. The van der Waals surface area contributed by atoms with Crippen molar-refractivity contribution in [3.8, 4) is 0 Å². The number of amides is 1. The molecule has 1 unspecified atom stereocenters. The lowest BCUT2D eigenvalue weighted by Crippen LogP contribution is -2.28. The third-order valence-corrected chi connectivity index (χ3v) is 3.79. The molecule has 4 nitrogen and oxygen atoms in total. The predicted molar refractivity (Wildman–Crippen MR) is 107 cm³/mol. The van der Waals surface area contributed by atoms with Gasteiger partial charge in [0.1, 0.15) is 0 Å². The van der Waals surface area contributed by atoms with Gasteiger partial charge in [0, 0.05) is 11.3 Å². The second kappa shape index (κ2) is 11.2. The van der Waals surface area contributed by atoms with Crippen LogP contribution in [0.2, 0.25) is 0 Å². The van der Waals surface area contributed by atoms with Gasteiger partial charge in [-0.3, -0.25) is 9.59 Å². The Morgan fingerprint density at radius 2 is 1.58 bits per heavy atom. The highest BCUT2D eigenvalue weighted by Gasteiger charge is 2.27. The van der Waals surface area contributed by atoms with Crippen LogP contribution in [0.4, 0.5) is 5.69 Å². The number of anilines is 1. The van der Waals surface area contributed by atoms with E-state index in [-0.39, 0.29) is 11.7 Å². The smallest absolute Gasteiger partial charge is 0.258 e. The largest absolute Gasteiger partial charge is 0.363 e.